The van der Waals surface area contributed by atoms with E-state index < -0.39 is 24.6 Å². The summed E-state index contributed by atoms with van der Waals surface area (Å²) in [5.74, 6) is -0.853. The van der Waals surface area contributed by atoms with Crippen molar-refractivity contribution in [2.24, 2.45) is 0 Å². The topological polar surface area (TPSA) is 141 Å². The smallest absolute Gasteiger partial charge is 0.305 e. The number of carboxylic acid groups (broad SMARTS) is 1. The number of hydrogen-bond acceptors (Lipinski definition) is 8. The van der Waals surface area contributed by atoms with E-state index in [4.69, 9.17) is 5.11 Å². The summed E-state index contributed by atoms with van der Waals surface area (Å²) in [5, 5.41) is 31.9. The maximum atomic E-state index is 13.6. The number of rotatable bonds is 10. The van der Waals surface area contributed by atoms with E-state index in [-0.39, 0.29) is 24.1 Å². The summed E-state index contributed by atoms with van der Waals surface area (Å²) in [6.45, 7) is 3.90. The number of aliphatic hydroxyl groups excluding tert-OH is 2. The van der Waals surface area contributed by atoms with Gasteiger partial charge in [0, 0.05) is 29.9 Å². The van der Waals surface area contributed by atoms with Gasteiger partial charge in [0.15, 0.2) is 5.82 Å². The third-order valence-electron chi connectivity index (χ3n) is 4.85. The molecule has 0 aliphatic heterocycles. The van der Waals surface area contributed by atoms with Gasteiger partial charge in [0.25, 0.3) is 0 Å². The van der Waals surface area contributed by atoms with Gasteiger partial charge in [-0.2, -0.15) is 0 Å². The van der Waals surface area contributed by atoms with Crippen molar-refractivity contribution in [2.45, 2.75) is 44.8 Å². The van der Waals surface area contributed by atoms with Crippen molar-refractivity contribution in [3.05, 3.63) is 66.0 Å². The van der Waals surface area contributed by atoms with E-state index in [0.717, 1.165) is 0 Å². The number of hydrogen-bond donors (Lipinski definition) is 4. The molecule has 0 aliphatic carbocycles. The fourth-order valence-electron chi connectivity index (χ4n) is 3.30. The van der Waals surface area contributed by atoms with Gasteiger partial charge in [0.2, 0.25) is 5.95 Å². The molecule has 3 aromatic rings. The summed E-state index contributed by atoms with van der Waals surface area (Å²) in [4.78, 5) is 28.2. The molecule has 0 aliphatic rings. The number of halogens is 1. The van der Waals surface area contributed by atoms with Gasteiger partial charge >= 0.3 is 5.97 Å². The Bertz CT molecular complexity index is 1140. The van der Waals surface area contributed by atoms with Crippen LogP contribution in [0.15, 0.2) is 48.9 Å². The second-order valence-electron chi connectivity index (χ2n) is 7.99. The van der Waals surface area contributed by atoms with Crippen LogP contribution in [0.2, 0.25) is 0 Å². The number of aliphatic hydroxyl groups is 2. The van der Waals surface area contributed by atoms with E-state index >= 15 is 0 Å². The summed E-state index contributed by atoms with van der Waals surface area (Å²) < 4.78 is 13.6. The SMILES string of the molecule is CC(C)c1nc(Nc2cnccn2)nc(-c2ccc(F)cc2)c1C=C[C@@H](O)C[C@@H](O)CC(=O)O. The summed E-state index contributed by atoms with van der Waals surface area (Å²) in [7, 11) is 0. The standard InChI is InChI=1S/C24H26FN5O4/c1-14(2)22-19(8-7-17(31)11-18(32)12-21(33)34)23(15-3-5-16(25)6-4-15)30-24(29-22)28-20-13-26-9-10-27-20/h3-10,13-14,17-18,31-32H,11-12H2,1-2H3,(H,33,34)(H,27,28,29,30)/t17-,18-/m1/s1. The normalized spacial score (nSPS) is 13.2. The zero-order chi connectivity index (χ0) is 24.7. The van der Waals surface area contributed by atoms with Crippen LogP contribution < -0.4 is 5.32 Å². The third-order valence-corrected chi connectivity index (χ3v) is 4.85. The van der Waals surface area contributed by atoms with Gasteiger partial charge in [-0.1, -0.05) is 26.0 Å². The fourth-order valence-corrected chi connectivity index (χ4v) is 3.30. The van der Waals surface area contributed by atoms with Crippen LogP contribution in [0.4, 0.5) is 16.2 Å². The zero-order valence-corrected chi connectivity index (χ0v) is 18.8. The number of benzene rings is 1. The number of aliphatic carboxylic acids is 1. The quantitative estimate of drug-likeness (QED) is 0.352. The first-order valence-corrected chi connectivity index (χ1v) is 10.7. The number of carboxylic acids is 1. The van der Waals surface area contributed by atoms with Crippen LogP contribution in [0, 0.1) is 5.82 Å². The second kappa shape index (κ2) is 11.4. The predicted octanol–water partition coefficient (Wildman–Crippen LogP) is 3.54. The third kappa shape index (κ3) is 6.87. The van der Waals surface area contributed by atoms with Crippen molar-refractivity contribution in [3.63, 3.8) is 0 Å². The van der Waals surface area contributed by atoms with Crippen LogP contribution in [0.25, 0.3) is 17.3 Å². The van der Waals surface area contributed by atoms with Crippen molar-refractivity contribution < 1.29 is 24.5 Å². The van der Waals surface area contributed by atoms with Crippen LogP contribution in [0.1, 0.15) is 43.9 Å². The summed E-state index contributed by atoms with van der Waals surface area (Å²) >= 11 is 0. The molecular weight excluding hydrogens is 441 g/mol. The molecule has 0 saturated heterocycles. The predicted molar refractivity (Wildman–Crippen MR) is 125 cm³/mol. The average Bonchev–Trinajstić information content (AvgIpc) is 2.78. The van der Waals surface area contributed by atoms with Crippen molar-refractivity contribution in [3.8, 4) is 11.3 Å². The lowest BCUT2D eigenvalue weighted by Crippen LogP contribution is -2.19. The van der Waals surface area contributed by atoms with Gasteiger partial charge in [0.1, 0.15) is 5.82 Å². The van der Waals surface area contributed by atoms with Crippen molar-refractivity contribution in [1.29, 1.82) is 0 Å². The summed E-state index contributed by atoms with van der Waals surface area (Å²) in [5.41, 5.74) is 2.40. The number of carbonyl (C=O) groups is 1. The molecule has 0 fully saturated rings. The Morgan fingerprint density at radius 2 is 1.88 bits per heavy atom. The van der Waals surface area contributed by atoms with Gasteiger partial charge in [-0.05, 0) is 30.2 Å². The van der Waals surface area contributed by atoms with Gasteiger partial charge in [0.05, 0.1) is 36.2 Å². The molecule has 3 rings (SSSR count). The van der Waals surface area contributed by atoms with E-state index in [1.165, 1.54) is 30.6 Å². The highest BCUT2D eigenvalue weighted by Gasteiger charge is 2.18. The van der Waals surface area contributed by atoms with E-state index in [1.54, 1.807) is 24.4 Å². The summed E-state index contributed by atoms with van der Waals surface area (Å²) in [6.07, 6.45) is 4.82. The summed E-state index contributed by atoms with van der Waals surface area (Å²) in [6, 6.07) is 5.84. The highest BCUT2D eigenvalue weighted by Crippen LogP contribution is 2.31. The maximum absolute atomic E-state index is 13.6. The molecule has 2 heterocycles. The molecule has 0 unspecified atom stereocenters. The minimum atomic E-state index is -1.19. The largest absolute Gasteiger partial charge is 0.481 e. The van der Waals surface area contributed by atoms with Crippen molar-refractivity contribution in [1.82, 2.24) is 19.9 Å². The molecule has 4 N–H and O–H groups in total. The lowest BCUT2D eigenvalue weighted by Gasteiger charge is -2.17. The molecule has 2 aromatic heterocycles. The number of anilines is 2. The number of nitrogens with one attached hydrogen (secondary N) is 1. The maximum Gasteiger partial charge on any atom is 0.305 e. The second-order valence-corrected chi connectivity index (χ2v) is 7.99. The lowest BCUT2D eigenvalue weighted by atomic mass is 9.97. The minimum absolute atomic E-state index is 0.0426. The van der Waals surface area contributed by atoms with Gasteiger partial charge in [-0.3, -0.25) is 9.78 Å². The van der Waals surface area contributed by atoms with Crippen molar-refractivity contribution in [2.75, 3.05) is 5.32 Å². The monoisotopic (exact) mass is 467 g/mol. The molecule has 34 heavy (non-hydrogen) atoms. The Morgan fingerprint density at radius 3 is 2.50 bits per heavy atom. The van der Waals surface area contributed by atoms with E-state index in [1.807, 2.05) is 13.8 Å². The zero-order valence-electron chi connectivity index (χ0n) is 18.8. The molecule has 1 aromatic carbocycles. The molecule has 0 spiro atoms. The number of nitrogens with zero attached hydrogens (tertiary/aromatic N) is 4. The fraction of sp³-hybridized carbons (Fsp3) is 0.292. The molecule has 9 nitrogen and oxygen atoms in total. The Morgan fingerprint density at radius 1 is 1.15 bits per heavy atom. The molecular formula is C24H26FN5O4. The first-order chi connectivity index (χ1) is 16.2. The first kappa shape index (κ1) is 24.9. The van der Waals surface area contributed by atoms with Crippen molar-refractivity contribution >= 4 is 23.8 Å². The van der Waals surface area contributed by atoms with Gasteiger partial charge in [-0.25, -0.2) is 19.3 Å². The average molecular weight is 468 g/mol. The molecule has 0 bridgehead atoms. The highest BCUT2D eigenvalue weighted by molar-refractivity contribution is 5.75. The molecule has 0 radical (unpaired) electrons. The molecule has 2 atom stereocenters. The van der Waals surface area contributed by atoms with Crippen LogP contribution in [-0.4, -0.2) is 53.4 Å². The Balaban J connectivity index is 2.03. The molecule has 10 heteroatoms. The van der Waals surface area contributed by atoms with E-state index in [0.29, 0.717) is 28.3 Å². The minimum Gasteiger partial charge on any atom is -0.481 e. The Hall–Kier alpha value is -3.76. The van der Waals surface area contributed by atoms with Crippen LogP contribution in [-0.2, 0) is 4.79 Å². The van der Waals surface area contributed by atoms with Crippen LogP contribution in [0.5, 0.6) is 0 Å². The van der Waals surface area contributed by atoms with E-state index in [9.17, 15) is 19.4 Å². The lowest BCUT2D eigenvalue weighted by molar-refractivity contribution is -0.139. The first-order valence-electron chi connectivity index (χ1n) is 10.7. The molecule has 0 amide bonds. The van der Waals surface area contributed by atoms with Gasteiger partial charge in [-0.15, -0.1) is 0 Å². The van der Waals surface area contributed by atoms with E-state index in [2.05, 4.69) is 25.3 Å². The van der Waals surface area contributed by atoms with Crippen LogP contribution in [0.3, 0.4) is 0 Å². The molecule has 0 saturated carbocycles. The Kier molecular flexibility index (Phi) is 8.34. The Labute approximate surface area is 196 Å². The molecule has 178 valence electrons. The highest BCUT2D eigenvalue weighted by atomic mass is 19.1. The number of aromatic nitrogens is 4. The van der Waals surface area contributed by atoms with Crippen LogP contribution >= 0.6 is 0 Å². The van der Waals surface area contributed by atoms with Gasteiger partial charge < -0.3 is 20.6 Å².